The van der Waals surface area contributed by atoms with Gasteiger partial charge in [-0.05, 0) is 50.5 Å². The fourth-order valence-corrected chi connectivity index (χ4v) is 4.87. The quantitative estimate of drug-likeness (QED) is 0.339. The van der Waals surface area contributed by atoms with Gasteiger partial charge in [0.2, 0.25) is 11.9 Å². The van der Waals surface area contributed by atoms with E-state index >= 15 is 0 Å². The zero-order valence-electron chi connectivity index (χ0n) is 22.0. The van der Waals surface area contributed by atoms with Crippen LogP contribution >= 0.6 is 0 Å². The van der Waals surface area contributed by atoms with Gasteiger partial charge in [0.1, 0.15) is 30.9 Å². The number of H-pyrrole nitrogens is 1. The second-order valence-electron chi connectivity index (χ2n) is 9.89. The fraction of sp³-hybridized carbons (Fsp3) is 0.321. The number of nitriles is 1. The number of cyclic esters (lactones) is 1. The van der Waals surface area contributed by atoms with Crippen molar-refractivity contribution in [2.45, 2.75) is 51.3 Å². The number of aromatic amines is 1. The maximum atomic E-state index is 13.3. The highest BCUT2D eigenvalue weighted by molar-refractivity contribution is 5.88. The molecule has 2 fully saturated rings. The molecular weight excluding hydrogens is 512 g/mol. The number of aryl methyl sites for hydroxylation is 1. The molecule has 2 N–H and O–H groups in total. The van der Waals surface area contributed by atoms with Crippen LogP contribution in [0, 0.1) is 18.3 Å². The van der Waals surface area contributed by atoms with Gasteiger partial charge in [-0.15, -0.1) is 0 Å². The predicted octanol–water partition coefficient (Wildman–Crippen LogP) is 3.70. The van der Waals surface area contributed by atoms with Gasteiger partial charge in [-0.3, -0.25) is 9.78 Å². The van der Waals surface area contributed by atoms with Crippen LogP contribution in [0.3, 0.4) is 0 Å². The molecule has 1 saturated carbocycles. The number of carbonyl (C=O) groups is 1. The maximum absolute atomic E-state index is 13.3. The average molecular weight is 539 g/mol. The first kappa shape index (κ1) is 25.2. The molecule has 202 valence electrons. The fourth-order valence-electron chi connectivity index (χ4n) is 4.87. The van der Waals surface area contributed by atoms with Crippen molar-refractivity contribution in [2.75, 3.05) is 16.8 Å². The van der Waals surface area contributed by atoms with Crippen LogP contribution in [0.15, 0.2) is 47.4 Å². The van der Waals surface area contributed by atoms with Crippen LogP contribution in [0.25, 0.3) is 10.9 Å². The van der Waals surface area contributed by atoms with Gasteiger partial charge in [-0.2, -0.15) is 20.2 Å². The van der Waals surface area contributed by atoms with Gasteiger partial charge in [0.25, 0.3) is 5.56 Å². The van der Waals surface area contributed by atoms with Gasteiger partial charge in [0.15, 0.2) is 0 Å². The molecule has 1 aromatic carbocycles. The van der Waals surface area contributed by atoms with Crippen LogP contribution in [0.5, 0.6) is 5.75 Å². The molecule has 0 bridgehead atoms. The lowest BCUT2D eigenvalue weighted by atomic mass is 10.0. The molecule has 1 aliphatic carbocycles. The molecule has 1 aliphatic heterocycles. The van der Waals surface area contributed by atoms with Crippen molar-refractivity contribution in [3.8, 4) is 11.8 Å². The predicted molar refractivity (Wildman–Crippen MR) is 145 cm³/mol. The maximum Gasteiger partial charge on any atom is 0.417 e. The molecule has 1 saturated heterocycles. The van der Waals surface area contributed by atoms with E-state index in [-0.39, 0.29) is 36.7 Å². The molecule has 12 heteroatoms. The number of anilines is 2. The molecule has 3 aromatic heterocycles. The minimum atomic E-state index is -0.691. The number of pyridine rings is 2. The Morgan fingerprint density at radius 3 is 2.80 bits per heavy atom. The lowest BCUT2D eigenvalue weighted by molar-refractivity contribution is 0.178. The summed E-state index contributed by atoms with van der Waals surface area (Å²) in [5.74, 6) is 1.28. The van der Waals surface area contributed by atoms with Gasteiger partial charge >= 0.3 is 6.09 Å². The van der Waals surface area contributed by atoms with E-state index in [1.165, 1.54) is 4.90 Å². The normalized spacial score (nSPS) is 17.4. The van der Waals surface area contributed by atoms with Crippen molar-refractivity contribution < 1.29 is 14.3 Å². The zero-order chi connectivity index (χ0) is 27.9. The highest BCUT2D eigenvalue weighted by Gasteiger charge is 2.47. The van der Waals surface area contributed by atoms with Crippen LogP contribution < -0.4 is 20.5 Å². The van der Waals surface area contributed by atoms with E-state index in [0.29, 0.717) is 52.9 Å². The van der Waals surface area contributed by atoms with Crippen LogP contribution in [0.1, 0.15) is 48.8 Å². The summed E-state index contributed by atoms with van der Waals surface area (Å²) in [4.78, 5) is 47.5. The summed E-state index contributed by atoms with van der Waals surface area (Å²) in [6, 6.07) is 12.7. The molecule has 4 heterocycles. The van der Waals surface area contributed by atoms with E-state index in [1.807, 2.05) is 25.1 Å². The van der Waals surface area contributed by atoms with E-state index in [9.17, 15) is 14.9 Å². The molecule has 2 aliphatic rings. The Bertz CT molecular complexity index is 1710. The number of carbonyl (C=O) groups excluding carboxylic acids is 1. The van der Waals surface area contributed by atoms with Crippen molar-refractivity contribution in [2.24, 2.45) is 0 Å². The molecule has 1 atom stereocenters. The number of nitrogens with one attached hydrogen (secondary N) is 2. The summed E-state index contributed by atoms with van der Waals surface area (Å²) in [6.45, 7) is 4.15. The molecular formula is C28H26N8O4. The Labute approximate surface area is 229 Å². The average Bonchev–Trinajstić information content (AvgIpc) is 3.62. The van der Waals surface area contributed by atoms with Crippen molar-refractivity contribution in [1.29, 1.82) is 5.26 Å². The molecule has 0 spiro atoms. The molecule has 0 radical (unpaired) electrons. The van der Waals surface area contributed by atoms with Gasteiger partial charge in [-0.25, -0.2) is 9.69 Å². The standard InChI is InChI=1S/C28H26N8O4/c1-3-20-15-40-27(38)36(20)26-32-16(2)31-25(34-26)35-28(7-8-28)21-11-17-10-18(13-29)23(12-22(17)33-24(21)37)39-14-19-6-4-5-9-30-19/h4-6,9-12,20H,3,7-8,14-15H2,1-2H3,(H,33,37)(H,31,32,34,35)/t20-/m0/s1. The van der Waals surface area contributed by atoms with E-state index in [0.717, 1.165) is 5.69 Å². The Balaban J connectivity index is 1.30. The zero-order valence-corrected chi connectivity index (χ0v) is 22.0. The number of aromatic nitrogens is 5. The lowest BCUT2D eigenvalue weighted by Crippen LogP contribution is -2.35. The number of nitrogens with zero attached hydrogens (tertiary/aromatic N) is 6. The third-order valence-corrected chi connectivity index (χ3v) is 7.17. The molecule has 1 amide bonds. The number of hydrogen-bond donors (Lipinski definition) is 2. The van der Waals surface area contributed by atoms with Gasteiger partial charge in [-0.1, -0.05) is 13.0 Å². The SMILES string of the molecule is CC[C@H]1COC(=O)N1c1nc(C)nc(NC2(c3cc4cc(C#N)c(OCc5ccccn5)cc4[nH]c3=O)CC2)n1. The third kappa shape index (κ3) is 4.66. The smallest absolute Gasteiger partial charge is 0.417 e. The molecule has 40 heavy (non-hydrogen) atoms. The van der Waals surface area contributed by atoms with Gasteiger partial charge in [0, 0.05) is 23.2 Å². The minimum Gasteiger partial charge on any atom is -0.486 e. The monoisotopic (exact) mass is 538 g/mol. The summed E-state index contributed by atoms with van der Waals surface area (Å²) in [5.41, 5.74) is 1.18. The van der Waals surface area contributed by atoms with Crippen LogP contribution in [0.2, 0.25) is 0 Å². The Hall–Kier alpha value is -5.05. The number of fused-ring (bicyclic) bond motifs is 1. The van der Waals surface area contributed by atoms with Crippen LogP contribution in [-0.2, 0) is 16.9 Å². The van der Waals surface area contributed by atoms with E-state index in [2.05, 4.69) is 36.3 Å². The number of rotatable bonds is 8. The van der Waals surface area contributed by atoms with Gasteiger partial charge < -0.3 is 19.8 Å². The van der Waals surface area contributed by atoms with Crippen LogP contribution in [-0.4, -0.2) is 43.7 Å². The van der Waals surface area contributed by atoms with Crippen LogP contribution in [0.4, 0.5) is 16.7 Å². The van der Waals surface area contributed by atoms with E-state index in [4.69, 9.17) is 9.47 Å². The Morgan fingerprint density at radius 2 is 2.08 bits per heavy atom. The summed E-state index contributed by atoms with van der Waals surface area (Å²) in [5, 5.41) is 13.8. The molecule has 4 aromatic rings. The largest absolute Gasteiger partial charge is 0.486 e. The summed E-state index contributed by atoms with van der Waals surface area (Å²) in [7, 11) is 0. The van der Waals surface area contributed by atoms with Crippen molar-refractivity contribution in [3.05, 3.63) is 75.6 Å². The topological polar surface area (TPSA) is 159 Å². The number of ether oxygens (including phenoxy) is 2. The number of amides is 1. The number of hydrogen-bond acceptors (Lipinski definition) is 10. The lowest BCUT2D eigenvalue weighted by Gasteiger charge is -2.21. The van der Waals surface area contributed by atoms with Crippen molar-refractivity contribution >= 4 is 28.9 Å². The van der Waals surface area contributed by atoms with E-state index < -0.39 is 11.6 Å². The molecule has 6 rings (SSSR count). The first-order chi connectivity index (χ1) is 19.4. The second kappa shape index (κ2) is 9.92. The highest BCUT2D eigenvalue weighted by Crippen LogP contribution is 2.47. The first-order valence-corrected chi connectivity index (χ1v) is 13.0. The van der Waals surface area contributed by atoms with E-state index in [1.54, 1.807) is 31.3 Å². The molecule has 0 unspecified atom stereocenters. The summed E-state index contributed by atoms with van der Waals surface area (Å²) >= 11 is 0. The summed E-state index contributed by atoms with van der Waals surface area (Å²) in [6.07, 6.45) is 3.23. The summed E-state index contributed by atoms with van der Waals surface area (Å²) < 4.78 is 11.1. The number of benzene rings is 1. The minimum absolute atomic E-state index is 0.160. The van der Waals surface area contributed by atoms with Crippen molar-refractivity contribution in [3.63, 3.8) is 0 Å². The third-order valence-electron chi connectivity index (χ3n) is 7.17. The Morgan fingerprint density at radius 1 is 1.23 bits per heavy atom. The molecule has 12 nitrogen and oxygen atoms in total. The Kier molecular flexibility index (Phi) is 6.26. The van der Waals surface area contributed by atoms with Gasteiger partial charge in [0.05, 0.1) is 28.4 Å². The van der Waals surface area contributed by atoms with Crippen molar-refractivity contribution in [1.82, 2.24) is 24.9 Å². The second-order valence-corrected chi connectivity index (χ2v) is 9.89. The highest BCUT2D eigenvalue weighted by atomic mass is 16.6. The first-order valence-electron chi connectivity index (χ1n) is 13.0.